The first-order chi connectivity index (χ1) is 9.81. The first-order valence-electron chi connectivity index (χ1n) is 6.85. The van der Waals surface area contributed by atoms with E-state index < -0.39 is 6.10 Å². The molecular formula is C15H21ClN2O2S. The zero-order valence-corrected chi connectivity index (χ0v) is 14.1. The zero-order valence-electron chi connectivity index (χ0n) is 12.5. The fraction of sp³-hybridized carbons (Fsp3) is 0.467. The Morgan fingerprint density at radius 2 is 2.10 bits per heavy atom. The van der Waals surface area contributed by atoms with E-state index in [0.717, 1.165) is 6.42 Å². The van der Waals surface area contributed by atoms with Crippen LogP contribution in [0.5, 0.6) is 5.75 Å². The van der Waals surface area contributed by atoms with Crippen molar-refractivity contribution < 1.29 is 9.53 Å². The molecule has 1 atom stereocenters. The molecule has 0 aliphatic carbocycles. The highest BCUT2D eigenvalue weighted by atomic mass is 35.5. The molecule has 0 fully saturated rings. The second-order valence-electron chi connectivity index (χ2n) is 5.24. The Kier molecular flexibility index (Phi) is 6.92. The van der Waals surface area contributed by atoms with Crippen LogP contribution in [-0.2, 0) is 4.79 Å². The molecule has 0 aliphatic heterocycles. The number of hydrogen-bond donors (Lipinski definition) is 2. The molecule has 0 saturated heterocycles. The van der Waals surface area contributed by atoms with Crippen LogP contribution >= 0.6 is 23.8 Å². The average molecular weight is 329 g/mol. The van der Waals surface area contributed by atoms with Gasteiger partial charge in [0.15, 0.2) is 6.10 Å². The number of benzene rings is 1. The SMILES string of the molecule is CC(C)CCNC(=O)C(C)Oc1ccc(C(N)=S)cc1Cl. The Labute approximate surface area is 136 Å². The van der Waals surface area contributed by atoms with Crippen LogP contribution in [-0.4, -0.2) is 23.5 Å². The van der Waals surface area contributed by atoms with E-state index in [2.05, 4.69) is 19.2 Å². The smallest absolute Gasteiger partial charge is 0.260 e. The highest BCUT2D eigenvalue weighted by molar-refractivity contribution is 7.80. The van der Waals surface area contributed by atoms with Crippen LogP contribution in [0.1, 0.15) is 32.8 Å². The van der Waals surface area contributed by atoms with Crippen LogP contribution in [0, 0.1) is 5.92 Å². The highest BCUT2D eigenvalue weighted by Crippen LogP contribution is 2.26. The summed E-state index contributed by atoms with van der Waals surface area (Å²) in [5.74, 6) is 0.817. The highest BCUT2D eigenvalue weighted by Gasteiger charge is 2.16. The van der Waals surface area contributed by atoms with E-state index >= 15 is 0 Å². The van der Waals surface area contributed by atoms with Crippen molar-refractivity contribution in [2.75, 3.05) is 6.54 Å². The van der Waals surface area contributed by atoms with Crippen molar-refractivity contribution in [3.05, 3.63) is 28.8 Å². The molecule has 0 radical (unpaired) electrons. The number of carbonyl (C=O) groups is 1. The number of ether oxygens (including phenoxy) is 1. The molecule has 116 valence electrons. The van der Waals surface area contributed by atoms with E-state index in [-0.39, 0.29) is 10.9 Å². The van der Waals surface area contributed by atoms with Gasteiger partial charge in [0.05, 0.1) is 5.02 Å². The minimum absolute atomic E-state index is 0.162. The summed E-state index contributed by atoms with van der Waals surface area (Å²) in [4.78, 5) is 12.2. The van der Waals surface area contributed by atoms with Crippen LogP contribution < -0.4 is 15.8 Å². The van der Waals surface area contributed by atoms with Gasteiger partial charge in [-0.25, -0.2) is 0 Å². The third-order valence-corrected chi connectivity index (χ3v) is 3.44. The summed E-state index contributed by atoms with van der Waals surface area (Å²) in [6, 6.07) is 5.00. The standard InChI is InChI=1S/C15H21ClN2O2S/c1-9(2)6-7-18-15(19)10(3)20-13-5-4-11(14(17)21)8-12(13)16/h4-5,8-10H,6-7H2,1-3H3,(H2,17,21)(H,18,19). The summed E-state index contributed by atoms with van der Waals surface area (Å²) in [5, 5.41) is 3.21. The van der Waals surface area contributed by atoms with E-state index in [4.69, 9.17) is 34.3 Å². The predicted octanol–water partition coefficient (Wildman–Crippen LogP) is 2.90. The fourth-order valence-electron chi connectivity index (χ4n) is 1.62. The van der Waals surface area contributed by atoms with Gasteiger partial charge in [0.25, 0.3) is 5.91 Å². The molecule has 1 unspecified atom stereocenters. The molecule has 0 heterocycles. The molecule has 4 nitrogen and oxygen atoms in total. The lowest BCUT2D eigenvalue weighted by molar-refractivity contribution is -0.127. The number of carbonyl (C=O) groups excluding carboxylic acids is 1. The molecule has 0 saturated carbocycles. The van der Waals surface area contributed by atoms with Crippen molar-refractivity contribution in [2.24, 2.45) is 11.7 Å². The molecule has 0 spiro atoms. The summed E-state index contributed by atoms with van der Waals surface area (Å²) >= 11 is 11.0. The van der Waals surface area contributed by atoms with Gasteiger partial charge < -0.3 is 15.8 Å². The van der Waals surface area contributed by atoms with Crippen molar-refractivity contribution in [1.29, 1.82) is 0 Å². The first kappa shape index (κ1) is 17.7. The zero-order chi connectivity index (χ0) is 16.0. The van der Waals surface area contributed by atoms with E-state index in [9.17, 15) is 4.79 Å². The Balaban J connectivity index is 2.60. The Morgan fingerprint density at radius 3 is 2.62 bits per heavy atom. The number of rotatable bonds is 7. The molecule has 0 bridgehead atoms. The minimum atomic E-state index is -0.620. The van der Waals surface area contributed by atoms with Gasteiger partial charge in [-0.3, -0.25) is 4.79 Å². The van der Waals surface area contributed by atoms with Crippen LogP contribution in [0.15, 0.2) is 18.2 Å². The van der Waals surface area contributed by atoms with Crippen molar-refractivity contribution in [1.82, 2.24) is 5.32 Å². The second-order valence-corrected chi connectivity index (χ2v) is 6.09. The lowest BCUT2D eigenvalue weighted by Gasteiger charge is -2.16. The van der Waals surface area contributed by atoms with Crippen molar-refractivity contribution in [3.8, 4) is 5.75 Å². The molecule has 6 heteroatoms. The maximum Gasteiger partial charge on any atom is 0.260 e. The number of nitrogens with two attached hydrogens (primary N) is 1. The lowest BCUT2D eigenvalue weighted by atomic mass is 10.1. The van der Waals surface area contributed by atoms with Gasteiger partial charge in [-0.1, -0.05) is 37.7 Å². The number of halogens is 1. The molecule has 0 aliphatic rings. The summed E-state index contributed by atoms with van der Waals surface area (Å²) in [5.41, 5.74) is 6.19. The fourth-order valence-corrected chi connectivity index (χ4v) is 1.97. The van der Waals surface area contributed by atoms with Gasteiger partial charge in [0, 0.05) is 12.1 Å². The average Bonchev–Trinajstić information content (AvgIpc) is 2.40. The molecule has 3 N–H and O–H groups in total. The molecule has 1 rings (SSSR count). The van der Waals surface area contributed by atoms with E-state index in [1.54, 1.807) is 25.1 Å². The number of hydrogen-bond acceptors (Lipinski definition) is 3. The van der Waals surface area contributed by atoms with Gasteiger partial charge in [-0.15, -0.1) is 0 Å². The Bertz CT molecular complexity index is 520. The van der Waals surface area contributed by atoms with E-state index in [0.29, 0.717) is 28.8 Å². The molecule has 1 aromatic rings. The number of amides is 1. The number of thiocarbonyl (C=S) groups is 1. The van der Waals surface area contributed by atoms with Crippen LogP contribution in [0.2, 0.25) is 5.02 Å². The molecule has 21 heavy (non-hydrogen) atoms. The summed E-state index contributed by atoms with van der Waals surface area (Å²) in [6.07, 6.45) is 0.312. The summed E-state index contributed by atoms with van der Waals surface area (Å²) in [6.45, 7) is 6.53. The van der Waals surface area contributed by atoms with E-state index in [1.807, 2.05) is 0 Å². The van der Waals surface area contributed by atoms with Crippen LogP contribution in [0.4, 0.5) is 0 Å². The molecule has 1 aromatic carbocycles. The van der Waals surface area contributed by atoms with E-state index in [1.165, 1.54) is 0 Å². The van der Waals surface area contributed by atoms with Gasteiger partial charge in [0.1, 0.15) is 10.7 Å². The summed E-state index contributed by atoms with van der Waals surface area (Å²) in [7, 11) is 0. The normalized spacial score (nSPS) is 12.0. The quantitative estimate of drug-likeness (QED) is 0.755. The maximum absolute atomic E-state index is 11.9. The lowest BCUT2D eigenvalue weighted by Crippen LogP contribution is -2.37. The summed E-state index contributed by atoms with van der Waals surface area (Å²) < 4.78 is 5.57. The Hall–Kier alpha value is -1.33. The third kappa shape index (κ3) is 5.89. The maximum atomic E-state index is 11.9. The molecule has 0 aromatic heterocycles. The molecular weight excluding hydrogens is 308 g/mol. The third-order valence-electron chi connectivity index (χ3n) is 2.91. The monoisotopic (exact) mass is 328 g/mol. The van der Waals surface area contributed by atoms with Gasteiger partial charge in [0.2, 0.25) is 0 Å². The van der Waals surface area contributed by atoms with Gasteiger partial charge in [-0.05, 0) is 37.5 Å². The van der Waals surface area contributed by atoms with Crippen molar-refractivity contribution in [3.63, 3.8) is 0 Å². The Morgan fingerprint density at radius 1 is 1.43 bits per heavy atom. The predicted molar refractivity (Wildman–Crippen MR) is 89.9 cm³/mol. The van der Waals surface area contributed by atoms with Crippen molar-refractivity contribution >= 4 is 34.7 Å². The second kappa shape index (κ2) is 8.20. The minimum Gasteiger partial charge on any atom is -0.479 e. The van der Waals surface area contributed by atoms with Crippen LogP contribution in [0.3, 0.4) is 0 Å². The van der Waals surface area contributed by atoms with Gasteiger partial charge >= 0.3 is 0 Å². The van der Waals surface area contributed by atoms with Crippen LogP contribution in [0.25, 0.3) is 0 Å². The van der Waals surface area contributed by atoms with Crippen molar-refractivity contribution in [2.45, 2.75) is 33.3 Å². The largest absolute Gasteiger partial charge is 0.479 e. The number of nitrogens with one attached hydrogen (secondary N) is 1. The topological polar surface area (TPSA) is 64.3 Å². The first-order valence-corrected chi connectivity index (χ1v) is 7.63. The van der Waals surface area contributed by atoms with Gasteiger partial charge in [-0.2, -0.15) is 0 Å². The molecule has 1 amide bonds.